The van der Waals surface area contributed by atoms with Gasteiger partial charge in [-0.15, -0.1) is 0 Å². The van der Waals surface area contributed by atoms with E-state index in [2.05, 4.69) is 6.55 Å². The summed E-state index contributed by atoms with van der Waals surface area (Å²) in [6.45, 7) is 10.3. The Balaban J connectivity index is 1.95. The zero-order chi connectivity index (χ0) is 13.3. The fraction of sp³-hybridized carbons (Fsp3) is 1.00. The molecule has 18 heavy (non-hydrogen) atoms. The second kappa shape index (κ2) is 9.04. The normalized spacial score (nSPS) is 19.2. The minimum atomic E-state index is -1.93. The number of hydrogen-bond donors (Lipinski definition) is 0. The van der Waals surface area contributed by atoms with Crippen molar-refractivity contribution in [2.75, 3.05) is 33.0 Å². The highest BCUT2D eigenvalue weighted by Gasteiger charge is 2.29. The largest absolute Gasteiger partial charge is 0.395 e. The highest BCUT2D eigenvalue weighted by molar-refractivity contribution is 6.66. The Morgan fingerprint density at radius 3 is 2.28 bits per heavy atom. The fourth-order valence-corrected chi connectivity index (χ4v) is 4.42. The third-order valence-corrected chi connectivity index (χ3v) is 6.10. The SMILES string of the molecule is CCO[Si](C)(CCCOCCCC1CO1)OCC. The first-order chi connectivity index (χ1) is 8.70. The third kappa shape index (κ3) is 7.48. The fourth-order valence-electron chi connectivity index (χ4n) is 2.04. The summed E-state index contributed by atoms with van der Waals surface area (Å²) in [6.07, 6.45) is 3.81. The van der Waals surface area contributed by atoms with E-state index in [1.54, 1.807) is 0 Å². The molecule has 0 aromatic rings. The van der Waals surface area contributed by atoms with Crippen LogP contribution in [-0.4, -0.2) is 47.7 Å². The van der Waals surface area contributed by atoms with E-state index in [1.165, 1.54) is 0 Å². The first kappa shape index (κ1) is 16.1. The molecule has 0 aromatic heterocycles. The summed E-state index contributed by atoms with van der Waals surface area (Å²) in [7, 11) is -1.93. The van der Waals surface area contributed by atoms with Crippen molar-refractivity contribution < 1.29 is 18.3 Å². The number of epoxide rings is 1. The molecule has 108 valence electrons. The molecule has 1 rings (SSSR count). The standard InChI is InChI=1S/C13H28O4Si/c1-4-16-18(3,17-5-2)11-7-10-14-9-6-8-13-12-15-13/h13H,4-12H2,1-3H3. The Morgan fingerprint density at radius 2 is 1.72 bits per heavy atom. The maximum Gasteiger partial charge on any atom is 0.334 e. The van der Waals surface area contributed by atoms with Crippen LogP contribution >= 0.6 is 0 Å². The topological polar surface area (TPSA) is 40.2 Å². The van der Waals surface area contributed by atoms with Crippen LogP contribution in [0.5, 0.6) is 0 Å². The van der Waals surface area contributed by atoms with Gasteiger partial charge in [0, 0.05) is 26.4 Å². The summed E-state index contributed by atoms with van der Waals surface area (Å²) < 4.78 is 22.3. The van der Waals surface area contributed by atoms with Crippen LogP contribution in [-0.2, 0) is 18.3 Å². The van der Waals surface area contributed by atoms with Crippen molar-refractivity contribution >= 4 is 8.56 Å². The van der Waals surface area contributed by atoms with Crippen molar-refractivity contribution in [3.05, 3.63) is 0 Å². The van der Waals surface area contributed by atoms with Gasteiger partial charge in [-0.1, -0.05) is 0 Å². The van der Waals surface area contributed by atoms with E-state index in [1.807, 2.05) is 13.8 Å². The Bertz CT molecular complexity index is 203. The van der Waals surface area contributed by atoms with Gasteiger partial charge in [0.2, 0.25) is 0 Å². The van der Waals surface area contributed by atoms with E-state index in [9.17, 15) is 0 Å². The molecule has 0 N–H and O–H groups in total. The van der Waals surface area contributed by atoms with E-state index < -0.39 is 8.56 Å². The molecule has 1 atom stereocenters. The monoisotopic (exact) mass is 276 g/mol. The average Bonchev–Trinajstić information content (AvgIpc) is 3.12. The molecule has 1 saturated heterocycles. The van der Waals surface area contributed by atoms with Gasteiger partial charge in [-0.2, -0.15) is 0 Å². The molecule has 0 aromatic carbocycles. The summed E-state index contributed by atoms with van der Waals surface area (Å²) in [5.74, 6) is 0. The molecular weight excluding hydrogens is 248 g/mol. The summed E-state index contributed by atoms with van der Waals surface area (Å²) >= 11 is 0. The zero-order valence-electron chi connectivity index (χ0n) is 12.1. The minimum Gasteiger partial charge on any atom is -0.395 e. The molecule has 0 radical (unpaired) electrons. The van der Waals surface area contributed by atoms with Crippen LogP contribution in [0.15, 0.2) is 0 Å². The quantitative estimate of drug-likeness (QED) is 0.312. The first-order valence-electron chi connectivity index (χ1n) is 7.17. The molecule has 0 aliphatic carbocycles. The highest BCUT2D eigenvalue weighted by Crippen LogP contribution is 2.17. The van der Waals surface area contributed by atoms with Crippen LogP contribution in [0.2, 0.25) is 12.6 Å². The van der Waals surface area contributed by atoms with Crippen LogP contribution in [0.4, 0.5) is 0 Å². The Morgan fingerprint density at radius 1 is 1.11 bits per heavy atom. The van der Waals surface area contributed by atoms with Gasteiger partial charge in [0.1, 0.15) is 0 Å². The molecule has 1 aliphatic heterocycles. The Kier molecular flexibility index (Phi) is 8.09. The summed E-state index contributed by atoms with van der Waals surface area (Å²) in [5, 5.41) is 0. The Labute approximate surface area is 112 Å². The predicted molar refractivity (Wildman–Crippen MR) is 74.1 cm³/mol. The third-order valence-electron chi connectivity index (χ3n) is 3.04. The highest BCUT2D eigenvalue weighted by atomic mass is 28.4. The van der Waals surface area contributed by atoms with Crippen LogP contribution in [0.1, 0.15) is 33.1 Å². The first-order valence-corrected chi connectivity index (χ1v) is 9.70. The van der Waals surface area contributed by atoms with E-state index >= 15 is 0 Å². The van der Waals surface area contributed by atoms with Gasteiger partial charge in [-0.05, 0) is 45.7 Å². The van der Waals surface area contributed by atoms with Gasteiger partial charge in [0.25, 0.3) is 0 Å². The lowest BCUT2D eigenvalue weighted by Crippen LogP contribution is -2.38. The molecule has 5 heteroatoms. The maximum atomic E-state index is 5.78. The molecule has 4 nitrogen and oxygen atoms in total. The summed E-state index contributed by atoms with van der Waals surface area (Å²) in [5.41, 5.74) is 0. The molecule has 1 heterocycles. The second-order valence-electron chi connectivity index (χ2n) is 4.81. The van der Waals surface area contributed by atoms with Gasteiger partial charge in [-0.3, -0.25) is 0 Å². The van der Waals surface area contributed by atoms with E-state index in [-0.39, 0.29) is 0 Å². The van der Waals surface area contributed by atoms with Gasteiger partial charge < -0.3 is 18.3 Å². The van der Waals surface area contributed by atoms with E-state index in [0.717, 1.165) is 58.3 Å². The lowest BCUT2D eigenvalue weighted by Gasteiger charge is -2.25. The van der Waals surface area contributed by atoms with E-state index in [4.69, 9.17) is 18.3 Å². The minimum absolute atomic E-state index is 0.528. The second-order valence-corrected chi connectivity index (χ2v) is 8.16. The molecule has 1 fully saturated rings. The lowest BCUT2D eigenvalue weighted by molar-refractivity contribution is 0.124. The van der Waals surface area contributed by atoms with Crippen molar-refractivity contribution in [3.63, 3.8) is 0 Å². The van der Waals surface area contributed by atoms with Gasteiger partial charge in [-0.25, -0.2) is 0 Å². The maximum absolute atomic E-state index is 5.78. The van der Waals surface area contributed by atoms with Gasteiger partial charge in [0.15, 0.2) is 0 Å². The zero-order valence-corrected chi connectivity index (χ0v) is 13.1. The van der Waals surface area contributed by atoms with Crippen molar-refractivity contribution in [1.29, 1.82) is 0 Å². The van der Waals surface area contributed by atoms with Crippen LogP contribution in [0, 0.1) is 0 Å². The molecule has 1 aliphatic rings. The molecular formula is C13H28O4Si. The molecule has 0 amide bonds. The number of rotatable bonds is 12. The van der Waals surface area contributed by atoms with Crippen molar-refractivity contribution in [2.24, 2.45) is 0 Å². The van der Waals surface area contributed by atoms with Crippen molar-refractivity contribution in [3.8, 4) is 0 Å². The summed E-state index contributed by atoms with van der Waals surface area (Å²) in [4.78, 5) is 0. The molecule has 0 saturated carbocycles. The van der Waals surface area contributed by atoms with Crippen LogP contribution in [0.3, 0.4) is 0 Å². The predicted octanol–water partition coefficient (Wildman–Crippen LogP) is 2.72. The van der Waals surface area contributed by atoms with Gasteiger partial charge in [0.05, 0.1) is 12.7 Å². The van der Waals surface area contributed by atoms with E-state index in [0.29, 0.717) is 6.10 Å². The summed E-state index contributed by atoms with van der Waals surface area (Å²) in [6, 6.07) is 1.01. The Hall–Kier alpha value is 0.0569. The van der Waals surface area contributed by atoms with Crippen molar-refractivity contribution in [2.45, 2.75) is 51.8 Å². The number of hydrogen-bond acceptors (Lipinski definition) is 4. The smallest absolute Gasteiger partial charge is 0.334 e. The van der Waals surface area contributed by atoms with Gasteiger partial charge >= 0.3 is 8.56 Å². The van der Waals surface area contributed by atoms with Crippen molar-refractivity contribution in [1.82, 2.24) is 0 Å². The molecule has 1 unspecified atom stereocenters. The molecule has 0 bridgehead atoms. The number of ether oxygens (including phenoxy) is 2. The van der Waals surface area contributed by atoms with Crippen LogP contribution < -0.4 is 0 Å². The lowest BCUT2D eigenvalue weighted by atomic mass is 10.3. The van der Waals surface area contributed by atoms with Crippen LogP contribution in [0.25, 0.3) is 0 Å². The molecule has 0 spiro atoms. The average molecular weight is 276 g/mol.